The Hall–Kier alpha value is 0.870. The number of carboxylic acid groups (broad SMARTS) is 4. The van der Waals surface area contributed by atoms with Gasteiger partial charge in [0.25, 0.3) is 11.4 Å². The molecule has 3 N–H and O–H groups in total. The zero-order chi connectivity index (χ0) is 19.3. The van der Waals surface area contributed by atoms with E-state index in [4.69, 9.17) is 18.4 Å². The predicted octanol–water partition coefficient (Wildman–Crippen LogP) is -15.4. The van der Waals surface area contributed by atoms with Crippen LogP contribution < -0.4 is 104 Å². The summed E-state index contributed by atoms with van der Waals surface area (Å²) in [4.78, 5) is 43.7. The van der Waals surface area contributed by atoms with Crippen molar-refractivity contribution in [3.05, 3.63) is 0 Å². The quantitative estimate of drug-likeness (QED) is 0.201. The molecule has 0 atom stereocenters. The molecule has 13 nitrogen and oxygen atoms in total. The molecular formula is C10H15N2Na3O11S. The molecule has 0 aromatic heterocycles. The van der Waals surface area contributed by atoms with Crippen LogP contribution in [0.3, 0.4) is 0 Å². The van der Waals surface area contributed by atoms with E-state index in [1.165, 1.54) is 0 Å². The number of hydrogen-bond acceptors (Lipinski definition) is 10. The molecule has 0 aromatic carbocycles. The Morgan fingerprint density at radius 3 is 1.11 bits per heavy atom. The Bertz CT molecular complexity index is 411. The molecule has 0 aliphatic heterocycles. The Balaban J connectivity index is -0.000000209. The molecule has 27 heavy (non-hydrogen) atoms. The first-order valence-corrected chi connectivity index (χ1v) is 7.06. The van der Waals surface area contributed by atoms with Gasteiger partial charge >= 0.3 is 94.6 Å². The number of rotatable bonds is 11. The van der Waals surface area contributed by atoms with Crippen molar-refractivity contribution in [2.24, 2.45) is 0 Å². The summed E-state index contributed by atoms with van der Waals surface area (Å²) in [5, 5.41) is 39.8. The topological polar surface area (TPSA) is 222 Å². The van der Waals surface area contributed by atoms with Crippen molar-refractivity contribution >= 4 is 35.2 Å². The molecule has 0 saturated heterocycles. The van der Waals surface area contributed by atoms with E-state index in [0.29, 0.717) is 0 Å². The van der Waals surface area contributed by atoms with E-state index in [-0.39, 0.29) is 102 Å². The van der Waals surface area contributed by atoms with Crippen molar-refractivity contribution in [2.45, 2.75) is 0 Å². The summed E-state index contributed by atoms with van der Waals surface area (Å²) in [6.45, 7) is -3.00. The monoisotopic (exact) mass is 440 g/mol. The maximum absolute atomic E-state index is 10.5. The van der Waals surface area contributed by atoms with Crippen LogP contribution in [0.25, 0.3) is 0 Å². The molecule has 0 heterocycles. The number of hydrogen-bond donors (Lipinski definition) is 3. The molecule has 0 rings (SSSR count). The number of nitrogens with zero attached hydrogens (tertiary/aromatic N) is 2. The van der Waals surface area contributed by atoms with Crippen molar-refractivity contribution in [3.8, 4) is 0 Å². The van der Waals surface area contributed by atoms with Crippen molar-refractivity contribution in [1.82, 2.24) is 9.80 Å². The van der Waals surface area contributed by atoms with Crippen LogP contribution in [0.1, 0.15) is 0 Å². The van der Waals surface area contributed by atoms with Gasteiger partial charge < -0.3 is 34.8 Å². The van der Waals surface area contributed by atoms with Gasteiger partial charge in [0.15, 0.2) is 0 Å². The molecule has 0 amide bonds. The number of carbonyl (C=O) groups excluding carboxylic acids is 3. The Labute approximate surface area is 223 Å². The van der Waals surface area contributed by atoms with Gasteiger partial charge in [-0.15, -0.1) is 0 Å². The van der Waals surface area contributed by atoms with Crippen molar-refractivity contribution in [2.75, 3.05) is 39.3 Å². The van der Waals surface area contributed by atoms with Gasteiger partial charge in [-0.2, -0.15) is 4.21 Å². The molecule has 0 radical (unpaired) electrons. The summed E-state index contributed by atoms with van der Waals surface area (Å²) in [5.74, 6) is -5.82. The molecule has 0 fully saturated rings. The smallest absolute Gasteiger partial charge is 0.549 e. The fraction of sp³-hybridized carbons (Fsp3) is 0.600. The second-order valence-electron chi connectivity index (χ2n) is 4.16. The van der Waals surface area contributed by atoms with Gasteiger partial charge in [0.05, 0.1) is 24.5 Å². The average molecular weight is 440 g/mol. The van der Waals surface area contributed by atoms with E-state index in [2.05, 4.69) is 0 Å². The van der Waals surface area contributed by atoms with Crippen molar-refractivity contribution in [3.63, 3.8) is 0 Å². The SMILES string of the molecule is O=C([O-])CN(CCN(CC(=O)[O-])CC(=O)O)CC(=O)[O-].O=S(O)O.[Na+].[Na+].[Na+]. The van der Waals surface area contributed by atoms with E-state index in [1.807, 2.05) is 0 Å². The summed E-state index contributed by atoms with van der Waals surface area (Å²) in [7, 11) is 0. The van der Waals surface area contributed by atoms with Crippen LogP contribution in [-0.4, -0.2) is 91.4 Å². The van der Waals surface area contributed by atoms with E-state index >= 15 is 0 Å². The molecule has 0 bridgehead atoms. The Kier molecular flexibility index (Phi) is 33.0. The number of carbonyl (C=O) groups is 4. The van der Waals surface area contributed by atoms with Gasteiger partial charge in [0, 0.05) is 32.7 Å². The van der Waals surface area contributed by atoms with Gasteiger partial charge in [-0.25, -0.2) is 0 Å². The Morgan fingerprint density at radius 1 is 0.704 bits per heavy atom. The minimum Gasteiger partial charge on any atom is -0.549 e. The summed E-state index contributed by atoms with van der Waals surface area (Å²) in [6, 6.07) is 0. The van der Waals surface area contributed by atoms with Gasteiger partial charge in [0.1, 0.15) is 0 Å². The maximum Gasteiger partial charge on any atom is 1.00 e. The van der Waals surface area contributed by atoms with Crippen LogP contribution in [-0.2, 0) is 30.5 Å². The second-order valence-corrected chi connectivity index (χ2v) is 4.62. The minimum absolute atomic E-state index is 0. The standard InChI is InChI=1S/C10H16N2O8.3Na.H2O3S/c13-7(14)3-11(4-8(15)16)1-2-12(5-9(17)18)6-10(19)20;;;;1-4(2)3/h1-6H2,(H,13,14)(H,15,16)(H,17,18)(H,19,20);;;;(H2,1,2,3)/q;3*+1;/p-3. The molecular weight excluding hydrogens is 425 g/mol. The summed E-state index contributed by atoms with van der Waals surface area (Å²) in [6.07, 6.45) is 0. The molecule has 140 valence electrons. The molecule has 0 aromatic rings. The first kappa shape index (κ1) is 38.5. The van der Waals surface area contributed by atoms with Gasteiger partial charge in [-0.3, -0.25) is 23.7 Å². The third kappa shape index (κ3) is 34.7. The van der Waals surface area contributed by atoms with Crippen LogP contribution in [0, 0.1) is 0 Å². The van der Waals surface area contributed by atoms with Crippen molar-refractivity contribution in [1.29, 1.82) is 0 Å². The Morgan fingerprint density at radius 2 is 0.926 bits per heavy atom. The average Bonchev–Trinajstić information content (AvgIpc) is 2.32. The molecule has 0 aliphatic rings. The predicted molar refractivity (Wildman–Crippen MR) is 68.9 cm³/mol. The van der Waals surface area contributed by atoms with E-state index in [9.17, 15) is 34.5 Å². The third-order valence-corrected chi connectivity index (χ3v) is 2.15. The largest absolute Gasteiger partial charge is 1.00 e. The van der Waals surface area contributed by atoms with Crippen LogP contribution in [0.15, 0.2) is 0 Å². The van der Waals surface area contributed by atoms with Gasteiger partial charge in [-0.05, 0) is 0 Å². The van der Waals surface area contributed by atoms with E-state index in [1.54, 1.807) is 0 Å². The second kappa shape index (κ2) is 23.2. The molecule has 17 heteroatoms. The van der Waals surface area contributed by atoms with Crippen LogP contribution >= 0.6 is 0 Å². The molecule has 0 aliphatic carbocycles. The minimum atomic E-state index is -2.61. The normalized spacial score (nSPS) is 9.22. The van der Waals surface area contributed by atoms with Crippen LogP contribution in [0.4, 0.5) is 0 Å². The molecule has 0 saturated carbocycles. The van der Waals surface area contributed by atoms with Gasteiger partial charge in [-0.1, -0.05) is 0 Å². The zero-order valence-corrected chi connectivity index (χ0v) is 22.0. The van der Waals surface area contributed by atoms with E-state index in [0.717, 1.165) is 9.80 Å². The third-order valence-electron chi connectivity index (χ3n) is 2.15. The fourth-order valence-corrected chi connectivity index (χ4v) is 1.45. The van der Waals surface area contributed by atoms with Crippen LogP contribution in [0.2, 0.25) is 0 Å². The number of carboxylic acids is 4. The zero-order valence-electron chi connectivity index (χ0n) is 15.2. The summed E-state index contributed by atoms with van der Waals surface area (Å²) >= 11 is -2.61. The first-order chi connectivity index (χ1) is 10.9. The van der Waals surface area contributed by atoms with E-state index < -0.39 is 61.4 Å². The first-order valence-electron chi connectivity index (χ1n) is 6.00. The summed E-state index contributed by atoms with van der Waals surface area (Å²) in [5.41, 5.74) is 0. The van der Waals surface area contributed by atoms with Crippen LogP contribution in [0.5, 0.6) is 0 Å². The summed E-state index contributed by atoms with van der Waals surface area (Å²) < 4.78 is 22.8. The molecule has 0 spiro atoms. The maximum atomic E-state index is 10.5. The number of aliphatic carboxylic acids is 4. The van der Waals surface area contributed by atoms with Crippen molar-refractivity contribution < 1.29 is 142 Å². The van der Waals surface area contributed by atoms with Gasteiger partial charge in [0.2, 0.25) is 0 Å². The molecule has 0 unspecified atom stereocenters. The fourth-order valence-electron chi connectivity index (χ4n) is 1.45.